The van der Waals surface area contributed by atoms with Gasteiger partial charge in [-0.05, 0) is 30.7 Å². The van der Waals surface area contributed by atoms with Gasteiger partial charge in [0.15, 0.2) is 0 Å². The van der Waals surface area contributed by atoms with Gasteiger partial charge in [-0.25, -0.2) is 0 Å². The van der Waals surface area contributed by atoms with Crippen molar-refractivity contribution in [1.82, 2.24) is 5.32 Å². The van der Waals surface area contributed by atoms with E-state index >= 15 is 0 Å². The Labute approximate surface area is 117 Å². The molecule has 0 unspecified atom stereocenters. The zero-order valence-electron chi connectivity index (χ0n) is 11.1. The molecule has 0 fully saturated rings. The second-order valence-corrected chi connectivity index (χ2v) is 4.34. The van der Waals surface area contributed by atoms with Crippen LogP contribution in [0, 0.1) is 18.3 Å². The predicted molar refractivity (Wildman–Crippen MR) is 75.3 cm³/mol. The summed E-state index contributed by atoms with van der Waals surface area (Å²) < 4.78 is 5.11. The first-order chi connectivity index (χ1) is 9.69. The van der Waals surface area contributed by atoms with Crippen LogP contribution in [0.4, 0.5) is 0 Å². The Hall–Kier alpha value is -2.80. The maximum Gasteiger partial charge on any atom is 0.262 e. The van der Waals surface area contributed by atoms with Crippen LogP contribution < -0.4 is 5.32 Å². The van der Waals surface area contributed by atoms with Crippen LogP contribution in [0.5, 0.6) is 0 Å². The molecule has 0 aliphatic heterocycles. The Morgan fingerprint density at radius 3 is 2.70 bits per heavy atom. The Morgan fingerprint density at radius 2 is 2.10 bits per heavy atom. The van der Waals surface area contributed by atoms with Gasteiger partial charge in [-0.2, -0.15) is 5.26 Å². The largest absolute Gasteiger partial charge is 0.467 e. The minimum Gasteiger partial charge on any atom is -0.467 e. The standard InChI is InChI=1S/C16H14N2O2/c1-12-4-6-13(7-5-12)9-14(10-17)16(19)18-11-15-3-2-8-20-15/h2-9H,11H2,1H3,(H,18,19)/b14-9+. The van der Waals surface area contributed by atoms with E-state index in [-0.39, 0.29) is 12.1 Å². The van der Waals surface area contributed by atoms with Crippen molar-refractivity contribution in [2.45, 2.75) is 13.5 Å². The summed E-state index contributed by atoms with van der Waals surface area (Å²) in [5.41, 5.74) is 2.02. The molecule has 4 heteroatoms. The highest BCUT2D eigenvalue weighted by atomic mass is 16.3. The third-order valence-corrected chi connectivity index (χ3v) is 2.76. The van der Waals surface area contributed by atoms with Crippen molar-refractivity contribution in [3.8, 4) is 6.07 Å². The molecule has 20 heavy (non-hydrogen) atoms. The van der Waals surface area contributed by atoms with Gasteiger partial charge in [0.1, 0.15) is 17.4 Å². The van der Waals surface area contributed by atoms with Crippen LogP contribution in [-0.4, -0.2) is 5.91 Å². The van der Waals surface area contributed by atoms with Gasteiger partial charge in [0.25, 0.3) is 5.91 Å². The summed E-state index contributed by atoms with van der Waals surface area (Å²) in [6.45, 7) is 2.24. The summed E-state index contributed by atoms with van der Waals surface area (Å²) in [6, 6.07) is 13.0. The summed E-state index contributed by atoms with van der Waals surface area (Å²) in [4.78, 5) is 11.9. The van der Waals surface area contributed by atoms with E-state index < -0.39 is 5.91 Å². The molecule has 1 aromatic heterocycles. The molecule has 1 N–H and O–H groups in total. The fourth-order valence-corrected chi connectivity index (χ4v) is 1.65. The number of furan rings is 1. The van der Waals surface area contributed by atoms with E-state index in [1.54, 1.807) is 18.2 Å². The van der Waals surface area contributed by atoms with Crippen LogP contribution in [-0.2, 0) is 11.3 Å². The van der Waals surface area contributed by atoms with Crippen molar-refractivity contribution in [3.05, 3.63) is 65.1 Å². The number of aryl methyl sites for hydroxylation is 1. The van der Waals surface area contributed by atoms with Crippen molar-refractivity contribution < 1.29 is 9.21 Å². The van der Waals surface area contributed by atoms with Gasteiger partial charge in [0.05, 0.1) is 12.8 Å². The summed E-state index contributed by atoms with van der Waals surface area (Å²) in [5.74, 6) is 0.232. The van der Waals surface area contributed by atoms with Gasteiger partial charge in [-0.1, -0.05) is 29.8 Å². The fourth-order valence-electron chi connectivity index (χ4n) is 1.65. The summed E-state index contributed by atoms with van der Waals surface area (Å²) >= 11 is 0. The van der Waals surface area contributed by atoms with E-state index in [0.717, 1.165) is 11.1 Å². The molecule has 0 aliphatic carbocycles. The molecule has 2 rings (SSSR count). The molecule has 0 atom stereocenters. The topological polar surface area (TPSA) is 66.0 Å². The summed E-state index contributed by atoms with van der Waals surface area (Å²) in [5, 5.41) is 11.7. The molecule has 1 heterocycles. The molecule has 2 aromatic rings. The number of nitrogens with zero attached hydrogens (tertiary/aromatic N) is 1. The zero-order valence-corrected chi connectivity index (χ0v) is 11.1. The normalized spacial score (nSPS) is 10.9. The molecule has 1 amide bonds. The van der Waals surface area contributed by atoms with Crippen molar-refractivity contribution >= 4 is 12.0 Å². The van der Waals surface area contributed by atoms with Crippen molar-refractivity contribution in [2.24, 2.45) is 0 Å². The molecule has 0 aliphatic rings. The van der Waals surface area contributed by atoms with E-state index in [4.69, 9.17) is 9.68 Å². The number of hydrogen-bond donors (Lipinski definition) is 1. The minimum atomic E-state index is -0.413. The van der Waals surface area contributed by atoms with Gasteiger partial charge in [-0.3, -0.25) is 4.79 Å². The predicted octanol–water partition coefficient (Wildman–Crippen LogP) is 2.81. The van der Waals surface area contributed by atoms with Gasteiger partial charge < -0.3 is 9.73 Å². The first-order valence-electron chi connectivity index (χ1n) is 6.18. The Bertz CT molecular complexity index is 647. The zero-order chi connectivity index (χ0) is 14.4. The summed E-state index contributed by atoms with van der Waals surface area (Å²) in [7, 11) is 0. The summed E-state index contributed by atoms with van der Waals surface area (Å²) in [6.07, 6.45) is 3.10. The first-order valence-corrected chi connectivity index (χ1v) is 6.18. The molecule has 4 nitrogen and oxygen atoms in total. The minimum absolute atomic E-state index is 0.0698. The highest BCUT2D eigenvalue weighted by Crippen LogP contribution is 2.09. The lowest BCUT2D eigenvalue weighted by atomic mass is 10.1. The van der Waals surface area contributed by atoms with E-state index in [1.165, 1.54) is 6.26 Å². The molecule has 0 radical (unpaired) electrons. The number of hydrogen-bond acceptors (Lipinski definition) is 3. The lowest BCUT2D eigenvalue weighted by Crippen LogP contribution is -2.23. The third-order valence-electron chi connectivity index (χ3n) is 2.76. The molecule has 100 valence electrons. The molecule has 0 saturated heterocycles. The fraction of sp³-hybridized carbons (Fsp3) is 0.125. The Balaban J connectivity index is 2.05. The monoisotopic (exact) mass is 266 g/mol. The number of carbonyl (C=O) groups is 1. The van der Waals surface area contributed by atoms with Crippen LogP contribution in [0.2, 0.25) is 0 Å². The second kappa shape index (κ2) is 6.39. The maximum atomic E-state index is 11.9. The molecular weight excluding hydrogens is 252 g/mol. The maximum absolute atomic E-state index is 11.9. The number of nitrogens with one attached hydrogen (secondary N) is 1. The van der Waals surface area contributed by atoms with Crippen LogP contribution in [0.15, 0.2) is 52.7 Å². The van der Waals surface area contributed by atoms with Gasteiger partial charge in [0.2, 0.25) is 0 Å². The molecule has 1 aromatic carbocycles. The first kappa shape index (κ1) is 13.6. The molecule has 0 saturated carbocycles. The number of rotatable bonds is 4. The van der Waals surface area contributed by atoms with E-state index in [0.29, 0.717) is 5.76 Å². The lowest BCUT2D eigenvalue weighted by Gasteiger charge is -2.02. The molecule has 0 bridgehead atoms. The van der Waals surface area contributed by atoms with Gasteiger partial charge >= 0.3 is 0 Å². The van der Waals surface area contributed by atoms with E-state index in [9.17, 15) is 4.79 Å². The molecule has 0 spiro atoms. The van der Waals surface area contributed by atoms with Crippen LogP contribution >= 0.6 is 0 Å². The second-order valence-electron chi connectivity index (χ2n) is 4.34. The number of nitriles is 1. The Kier molecular flexibility index (Phi) is 4.35. The van der Waals surface area contributed by atoms with E-state index in [1.807, 2.05) is 37.3 Å². The average molecular weight is 266 g/mol. The van der Waals surface area contributed by atoms with Crippen LogP contribution in [0.25, 0.3) is 6.08 Å². The third kappa shape index (κ3) is 3.59. The van der Waals surface area contributed by atoms with E-state index in [2.05, 4.69) is 5.32 Å². The Morgan fingerprint density at radius 1 is 1.35 bits per heavy atom. The number of carbonyl (C=O) groups excluding carboxylic acids is 1. The van der Waals surface area contributed by atoms with Crippen molar-refractivity contribution in [2.75, 3.05) is 0 Å². The van der Waals surface area contributed by atoms with Gasteiger partial charge in [-0.15, -0.1) is 0 Å². The highest BCUT2D eigenvalue weighted by molar-refractivity contribution is 6.01. The molecular formula is C16H14N2O2. The highest BCUT2D eigenvalue weighted by Gasteiger charge is 2.09. The van der Waals surface area contributed by atoms with Crippen LogP contribution in [0.1, 0.15) is 16.9 Å². The number of benzene rings is 1. The smallest absolute Gasteiger partial charge is 0.262 e. The van der Waals surface area contributed by atoms with Crippen molar-refractivity contribution in [3.63, 3.8) is 0 Å². The van der Waals surface area contributed by atoms with Crippen LogP contribution in [0.3, 0.4) is 0 Å². The SMILES string of the molecule is Cc1ccc(/C=C(\C#N)C(=O)NCc2ccco2)cc1. The number of amides is 1. The lowest BCUT2D eigenvalue weighted by molar-refractivity contribution is -0.117. The van der Waals surface area contributed by atoms with Gasteiger partial charge in [0, 0.05) is 0 Å². The van der Waals surface area contributed by atoms with Crippen molar-refractivity contribution in [1.29, 1.82) is 5.26 Å². The quantitative estimate of drug-likeness (QED) is 0.683. The average Bonchev–Trinajstić information content (AvgIpc) is 2.97.